The summed E-state index contributed by atoms with van der Waals surface area (Å²) in [6.45, 7) is 12.0. The number of hydrogen-bond donors (Lipinski definition) is 2. The summed E-state index contributed by atoms with van der Waals surface area (Å²) >= 11 is 0. The Kier molecular flexibility index (Phi) is 82.4. The van der Waals surface area contributed by atoms with Gasteiger partial charge in [0.15, 0.2) is 0 Å². The average molecular weight is 144 g/mol. The zero-order valence-electron chi connectivity index (χ0n) is 5.77. The largest absolute Gasteiger partial charge is 0.411 e. The molecule has 0 aliphatic heterocycles. The van der Waals surface area contributed by atoms with Crippen LogP contribution < -0.4 is 0 Å². The molecule has 0 rings (SSSR count). The van der Waals surface area contributed by atoms with Crippen molar-refractivity contribution in [2.75, 3.05) is 0 Å². The number of rotatable bonds is 1. The molecule has 0 atom stereocenters. The van der Waals surface area contributed by atoms with Gasteiger partial charge in [-0.15, -0.1) is 26.3 Å². The van der Waals surface area contributed by atoms with Gasteiger partial charge in [-0.1, -0.05) is 10.3 Å². The van der Waals surface area contributed by atoms with Crippen molar-refractivity contribution in [3.8, 4) is 0 Å². The number of nitrogens with zero attached hydrogens (tertiary/aromatic N) is 2. The molecule has 0 unspecified atom stereocenters. The summed E-state index contributed by atoms with van der Waals surface area (Å²) in [5.74, 6) is 0. The zero-order chi connectivity index (χ0) is 8.83. The molecule has 0 heterocycles. The first-order chi connectivity index (χ1) is 4.91. The van der Waals surface area contributed by atoms with E-state index in [2.05, 4.69) is 36.6 Å². The summed E-state index contributed by atoms with van der Waals surface area (Å²) in [7, 11) is 0. The van der Waals surface area contributed by atoms with Crippen LogP contribution in [0, 0.1) is 0 Å². The molecule has 58 valence electrons. The van der Waals surface area contributed by atoms with Gasteiger partial charge in [0, 0.05) is 0 Å². The van der Waals surface area contributed by atoms with Crippen molar-refractivity contribution in [2.24, 2.45) is 10.3 Å². The zero-order valence-corrected chi connectivity index (χ0v) is 5.77. The molecule has 0 aromatic heterocycles. The van der Waals surface area contributed by atoms with Gasteiger partial charge in [-0.05, 0) is 0 Å². The minimum Gasteiger partial charge on any atom is -0.411 e. The number of oxime groups is 2. The second kappa shape index (κ2) is 52.2. The van der Waals surface area contributed by atoms with Crippen LogP contribution >= 0.6 is 0 Å². The molecule has 10 heavy (non-hydrogen) atoms. The van der Waals surface area contributed by atoms with Crippen molar-refractivity contribution in [1.82, 2.24) is 0 Å². The van der Waals surface area contributed by atoms with Crippen LogP contribution in [-0.2, 0) is 0 Å². The highest BCUT2D eigenvalue weighted by molar-refractivity contribution is 6.15. The van der Waals surface area contributed by atoms with Crippen molar-refractivity contribution < 1.29 is 10.4 Å². The Bertz CT molecular complexity index is 79.7. The van der Waals surface area contributed by atoms with Gasteiger partial charge in [0.05, 0.1) is 12.4 Å². The molecular weight excluding hydrogens is 132 g/mol. The molecule has 0 spiro atoms. The van der Waals surface area contributed by atoms with Crippen LogP contribution in [-0.4, -0.2) is 22.8 Å². The summed E-state index contributed by atoms with van der Waals surface area (Å²) in [6, 6.07) is 0. The standard InChI is InChI=1S/C2H4N2O2.2C2H4/c5-3-1-2-4-6;2*1-2/h1-2,5-6H;2*1-2H2/b3-1-,4-2-;;. The first-order valence-corrected chi connectivity index (χ1v) is 2.25. The molecule has 0 aliphatic carbocycles. The van der Waals surface area contributed by atoms with Crippen LogP contribution in [0.4, 0.5) is 0 Å². The lowest BCUT2D eigenvalue weighted by Crippen LogP contribution is -1.70. The third-order valence-electron chi connectivity index (χ3n) is 0.200. The summed E-state index contributed by atoms with van der Waals surface area (Å²) < 4.78 is 0. The fraction of sp³-hybridized carbons (Fsp3) is 0. The van der Waals surface area contributed by atoms with Crippen LogP contribution in [0.25, 0.3) is 0 Å². The monoisotopic (exact) mass is 144 g/mol. The van der Waals surface area contributed by atoms with Gasteiger partial charge in [0.1, 0.15) is 0 Å². The van der Waals surface area contributed by atoms with E-state index in [1.54, 1.807) is 0 Å². The van der Waals surface area contributed by atoms with E-state index in [-0.39, 0.29) is 0 Å². The molecule has 0 fully saturated rings. The minimum atomic E-state index is 0.944. The molecule has 0 amide bonds. The van der Waals surface area contributed by atoms with E-state index in [0.29, 0.717) is 0 Å². The highest BCUT2D eigenvalue weighted by Crippen LogP contribution is 1.45. The predicted octanol–water partition coefficient (Wildman–Crippen LogP) is 1.51. The van der Waals surface area contributed by atoms with Gasteiger partial charge in [0.2, 0.25) is 0 Å². The van der Waals surface area contributed by atoms with E-state index in [1.807, 2.05) is 0 Å². The molecule has 0 saturated carbocycles. The van der Waals surface area contributed by atoms with E-state index in [0.717, 1.165) is 12.4 Å². The molecule has 0 aliphatic rings. The molecule has 0 saturated heterocycles. The van der Waals surface area contributed by atoms with E-state index < -0.39 is 0 Å². The summed E-state index contributed by atoms with van der Waals surface area (Å²) in [6.07, 6.45) is 1.89. The predicted molar refractivity (Wildman–Crippen MR) is 43.1 cm³/mol. The van der Waals surface area contributed by atoms with Crippen molar-refractivity contribution in [3.05, 3.63) is 26.3 Å². The van der Waals surface area contributed by atoms with Gasteiger partial charge >= 0.3 is 0 Å². The molecule has 0 aromatic carbocycles. The molecule has 4 nitrogen and oxygen atoms in total. The fourth-order valence-corrected chi connectivity index (χ4v) is 0.0596. The Hall–Kier alpha value is -1.58. The Balaban J connectivity index is -0.000000105. The van der Waals surface area contributed by atoms with Crippen LogP contribution in [0.1, 0.15) is 0 Å². The van der Waals surface area contributed by atoms with E-state index in [4.69, 9.17) is 10.4 Å². The first-order valence-electron chi connectivity index (χ1n) is 2.25. The molecule has 2 N–H and O–H groups in total. The quantitative estimate of drug-likeness (QED) is 0.253. The van der Waals surface area contributed by atoms with Crippen molar-refractivity contribution in [2.45, 2.75) is 0 Å². The van der Waals surface area contributed by atoms with Gasteiger partial charge in [0.25, 0.3) is 0 Å². The lowest BCUT2D eigenvalue weighted by Gasteiger charge is -1.62. The SMILES string of the molecule is C=C.C=C.O/N=C\C=N/O. The van der Waals surface area contributed by atoms with E-state index in [1.165, 1.54) is 0 Å². The smallest absolute Gasteiger partial charge is 0.0877 e. The minimum absolute atomic E-state index is 0.944. The summed E-state index contributed by atoms with van der Waals surface area (Å²) in [4.78, 5) is 0. The third-order valence-corrected chi connectivity index (χ3v) is 0.200. The maximum absolute atomic E-state index is 7.56. The normalized spacial score (nSPS) is 7.60. The fourth-order valence-electron chi connectivity index (χ4n) is 0.0596. The Morgan fingerprint density at radius 1 is 0.800 bits per heavy atom. The van der Waals surface area contributed by atoms with Crippen molar-refractivity contribution >= 4 is 12.4 Å². The summed E-state index contributed by atoms with van der Waals surface area (Å²) in [5.41, 5.74) is 0. The molecule has 4 heteroatoms. The van der Waals surface area contributed by atoms with Crippen LogP contribution in [0.3, 0.4) is 0 Å². The lowest BCUT2D eigenvalue weighted by molar-refractivity contribution is 0.317. The Morgan fingerprint density at radius 3 is 1.10 bits per heavy atom. The highest BCUT2D eigenvalue weighted by Gasteiger charge is 1.54. The Labute approximate surface area is 60.5 Å². The van der Waals surface area contributed by atoms with E-state index in [9.17, 15) is 0 Å². The second-order valence-corrected chi connectivity index (χ2v) is 0.529. The molecule has 0 aromatic rings. The van der Waals surface area contributed by atoms with Crippen molar-refractivity contribution in [1.29, 1.82) is 0 Å². The van der Waals surface area contributed by atoms with Gasteiger partial charge in [-0.3, -0.25) is 0 Å². The molecule has 0 bridgehead atoms. The van der Waals surface area contributed by atoms with Crippen molar-refractivity contribution in [3.63, 3.8) is 0 Å². The highest BCUT2D eigenvalue weighted by atomic mass is 16.4. The van der Waals surface area contributed by atoms with E-state index >= 15 is 0 Å². The van der Waals surface area contributed by atoms with Gasteiger partial charge in [-0.25, -0.2) is 0 Å². The van der Waals surface area contributed by atoms with Crippen LogP contribution in [0.15, 0.2) is 36.6 Å². The first kappa shape index (κ1) is 15.8. The Morgan fingerprint density at radius 2 is 1.00 bits per heavy atom. The number of hydrogen-bond acceptors (Lipinski definition) is 4. The second-order valence-electron chi connectivity index (χ2n) is 0.529. The van der Waals surface area contributed by atoms with Crippen LogP contribution in [0.2, 0.25) is 0 Å². The third kappa shape index (κ3) is 93.5. The maximum Gasteiger partial charge on any atom is 0.0877 e. The molecule has 0 radical (unpaired) electrons. The topological polar surface area (TPSA) is 65.2 Å². The maximum atomic E-state index is 7.56. The lowest BCUT2D eigenvalue weighted by atomic mass is 10.8. The van der Waals surface area contributed by atoms with Gasteiger partial charge < -0.3 is 10.4 Å². The summed E-state index contributed by atoms with van der Waals surface area (Å²) in [5, 5.41) is 20.1. The van der Waals surface area contributed by atoms with Gasteiger partial charge in [-0.2, -0.15) is 0 Å². The average Bonchev–Trinajstić information content (AvgIpc) is 2.08. The van der Waals surface area contributed by atoms with Crippen LogP contribution in [0.5, 0.6) is 0 Å². The molecular formula is C6H12N2O2.